The number of hydrogen-bond donors (Lipinski definition) is 2. The number of carboxylic acids is 1. The van der Waals surface area contributed by atoms with E-state index in [0.29, 0.717) is 54.2 Å². The Morgan fingerprint density at radius 1 is 1.10 bits per heavy atom. The predicted molar refractivity (Wildman–Crippen MR) is 132 cm³/mol. The van der Waals surface area contributed by atoms with Crippen LogP contribution in [-0.2, 0) is 4.79 Å². The maximum absolute atomic E-state index is 15.0. The number of carboxylic acid groups (broad SMARTS) is 1. The first-order chi connectivity index (χ1) is 18.3. The number of piperidine rings is 1. The number of aromatic nitrogens is 2. The first kappa shape index (κ1) is 29.5. The van der Waals surface area contributed by atoms with Gasteiger partial charge in [-0.05, 0) is 56.9 Å². The lowest BCUT2D eigenvalue weighted by molar-refractivity contribution is -0.192. The zero-order chi connectivity index (χ0) is 28.9. The maximum atomic E-state index is 15.0. The fourth-order valence-corrected chi connectivity index (χ4v) is 4.09. The Balaban J connectivity index is 0.000000532. The zero-order valence-corrected chi connectivity index (χ0v) is 20.9. The number of benzene rings is 2. The number of aliphatic carboxylic acids is 1. The van der Waals surface area contributed by atoms with Gasteiger partial charge in [-0.25, -0.2) is 27.9 Å². The molecule has 0 radical (unpaired) electrons. The second-order valence-corrected chi connectivity index (χ2v) is 9.21. The number of fused-ring (bicyclic) bond motifs is 1. The average Bonchev–Trinajstić information content (AvgIpc) is 2.87. The van der Waals surface area contributed by atoms with Crippen LogP contribution in [-0.4, -0.2) is 46.4 Å². The van der Waals surface area contributed by atoms with Crippen LogP contribution >= 0.6 is 0 Å². The van der Waals surface area contributed by atoms with Crippen molar-refractivity contribution in [1.82, 2.24) is 9.97 Å². The van der Waals surface area contributed by atoms with Crippen LogP contribution < -0.4 is 10.2 Å². The summed E-state index contributed by atoms with van der Waals surface area (Å²) in [6.45, 7) is 5.06. The third-order valence-electron chi connectivity index (χ3n) is 5.96. The second kappa shape index (κ2) is 12.2. The van der Waals surface area contributed by atoms with Crippen LogP contribution in [0.3, 0.4) is 0 Å². The van der Waals surface area contributed by atoms with E-state index in [2.05, 4.69) is 11.4 Å². The number of hydrogen-bond acceptors (Lipinski definition) is 6. The lowest BCUT2D eigenvalue weighted by atomic mass is 9.88. The lowest BCUT2D eigenvalue weighted by Crippen LogP contribution is -2.36. The van der Waals surface area contributed by atoms with Crippen LogP contribution in [0.15, 0.2) is 36.4 Å². The Hall–Kier alpha value is -4.08. The van der Waals surface area contributed by atoms with Crippen molar-refractivity contribution in [3.05, 3.63) is 59.2 Å². The molecule has 1 saturated heterocycles. The highest BCUT2D eigenvalue weighted by molar-refractivity contribution is 5.82. The number of nitriles is 1. The lowest BCUT2D eigenvalue weighted by Gasteiger charge is -2.35. The molecular formula is C26H25F6N5O2. The summed E-state index contributed by atoms with van der Waals surface area (Å²) >= 11 is 0. The summed E-state index contributed by atoms with van der Waals surface area (Å²) in [6, 6.07) is 10.4. The smallest absolute Gasteiger partial charge is 0.475 e. The average molecular weight is 554 g/mol. The molecule has 1 aliphatic rings. The Labute approximate surface area is 220 Å². The highest BCUT2D eigenvalue weighted by Gasteiger charge is 2.38. The molecule has 4 rings (SSSR count). The molecule has 208 valence electrons. The van der Waals surface area contributed by atoms with Gasteiger partial charge in [-0.2, -0.15) is 18.4 Å². The quantitative estimate of drug-likeness (QED) is 0.365. The number of nitrogens with one attached hydrogen (secondary N) is 1. The standard InChI is InChI=1S/C24H24F3N5.C2HF3O2/c1-14(2)29-23-24(31-21-11-15(13-28)3-6-20(21)30-23)32-9-7-16(8-10-32)22(27)18-5-4-17(25)12-19(18)26;3-2(4,5)1(6)7/h3-6,11-12,14,16,22H,7-10H2,1-2H3,(H,29,30);(H,6,7). The number of anilines is 2. The summed E-state index contributed by atoms with van der Waals surface area (Å²) in [5.41, 5.74) is 1.71. The third kappa shape index (κ3) is 7.49. The third-order valence-corrected chi connectivity index (χ3v) is 5.96. The van der Waals surface area contributed by atoms with Crippen LogP contribution in [0.4, 0.5) is 38.0 Å². The van der Waals surface area contributed by atoms with Crippen LogP contribution in [0.25, 0.3) is 11.0 Å². The summed E-state index contributed by atoms with van der Waals surface area (Å²) in [5, 5.41) is 19.6. The molecule has 1 unspecified atom stereocenters. The van der Waals surface area contributed by atoms with E-state index in [4.69, 9.17) is 19.9 Å². The summed E-state index contributed by atoms with van der Waals surface area (Å²) in [7, 11) is 0. The number of nitrogens with zero attached hydrogens (tertiary/aromatic N) is 4. The van der Waals surface area contributed by atoms with Gasteiger partial charge in [0.05, 0.1) is 22.7 Å². The van der Waals surface area contributed by atoms with E-state index in [1.54, 1.807) is 18.2 Å². The van der Waals surface area contributed by atoms with Crippen LogP contribution in [0.2, 0.25) is 0 Å². The Morgan fingerprint density at radius 3 is 2.28 bits per heavy atom. The first-order valence-corrected chi connectivity index (χ1v) is 11.9. The molecule has 0 spiro atoms. The zero-order valence-electron chi connectivity index (χ0n) is 20.9. The first-order valence-electron chi connectivity index (χ1n) is 11.9. The molecule has 1 fully saturated rings. The van der Waals surface area contributed by atoms with Gasteiger partial charge in [0, 0.05) is 30.8 Å². The van der Waals surface area contributed by atoms with E-state index in [1.807, 2.05) is 18.7 Å². The monoisotopic (exact) mass is 553 g/mol. The van der Waals surface area contributed by atoms with Gasteiger partial charge < -0.3 is 15.3 Å². The van der Waals surface area contributed by atoms with Gasteiger partial charge in [-0.1, -0.05) is 6.07 Å². The normalized spacial score (nSPS) is 14.9. The molecule has 0 aliphatic carbocycles. The Bertz CT molecular complexity index is 1370. The van der Waals surface area contributed by atoms with E-state index in [9.17, 15) is 27.2 Å². The molecule has 1 aromatic heterocycles. The fourth-order valence-electron chi connectivity index (χ4n) is 4.09. The molecule has 13 heteroatoms. The van der Waals surface area contributed by atoms with E-state index in [1.165, 1.54) is 6.07 Å². The largest absolute Gasteiger partial charge is 0.490 e. The van der Waals surface area contributed by atoms with Crippen molar-refractivity contribution in [1.29, 1.82) is 5.26 Å². The van der Waals surface area contributed by atoms with Crippen LogP contribution in [0, 0.1) is 28.9 Å². The maximum Gasteiger partial charge on any atom is 0.490 e. The highest BCUT2D eigenvalue weighted by atomic mass is 19.4. The molecule has 39 heavy (non-hydrogen) atoms. The van der Waals surface area contributed by atoms with Gasteiger partial charge in [-0.15, -0.1) is 0 Å². The number of alkyl halides is 4. The molecule has 7 nitrogen and oxygen atoms in total. The molecular weight excluding hydrogens is 528 g/mol. The van der Waals surface area contributed by atoms with Gasteiger partial charge in [0.1, 0.15) is 17.8 Å². The van der Waals surface area contributed by atoms with Gasteiger partial charge in [-0.3, -0.25) is 0 Å². The van der Waals surface area contributed by atoms with E-state index >= 15 is 4.39 Å². The Kier molecular flexibility index (Phi) is 9.21. The van der Waals surface area contributed by atoms with Crippen molar-refractivity contribution in [3.63, 3.8) is 0 Å². The Morgan fingerprint density at radius 2 is 1.74 bits per heavy atom. The summed E-state index contributed by atoms with van der Waals surface area (Å²) in [4.78, 5) is 20.4. The minimum absolute atomic E-state index is 0.0958. The van der Waals surface area contributed by atoms with Crippen LogP contribution in [0.1, 0.15) is 44.0 Å². The molecule has 1 aliphatic heterocycles. The van der Waals surface area contributed by atoms with Crippen molar-refractivity contribution in [2.75, 3.05) is 23.3 Å². The summed E-state index contributed by atoms with van der Waals surface area (Å²) in [5.74, 6) is -3.40. The van der Waals surface area contributed by atoms with Crippen molar-refractivity contribution in [3.8, 4) is 6.07 Å². The highest BCUT2D eigenvalue weighted by Crippen LogP contribution is 2.37. The molecule has 2 heterocycles. The van der Waals surface area contributed by atoms with Crippen LogP contribution in [0.5, 0.6) is 0 Å². The molecule has 0 saturated carbocycles. The fraction of sp³-hybridized carbons (Fsp3) is 0.385. The molecule has 2 aromatic carbocycles. The predicted octanol–water partition coefficient (Wildman–Crippen LogP) is 6.16. The van der Waals surface area contributed by atoms with Gasteiger partial charge in [0.2, 0.25) is 0 Å². The molecule has 2 N–H and O–H groups in total. The van der Waals surface area contributed by atoms with Crippen molar-refractivity contribution < 1.29 is 36.2 Å². The second-order valence-electron chi connectivity index (χ2n) is 9.21. The molecule has 0 bridgehead atoms. The summed E-state index contributed by atoms with van der Waals surface area (Å²) < 4.78 is 74.0. The van der Waals surface area contributed by atoms with Gasteiger partial charge in [0.25, 0.3) is 0 Å². The van der Waals surface area contributed by atoms with Crippen molar-refractivity contribution >= 4 is 28.6 Å². The SMILES string of the molecule is CC(C)Nc1nc2ccc(C#N)cc2nc1N1CCC(C(F)c2ccc(F)cc2F)CC1.O=C(O)C(F)(F)F. The number of rotatable bonds is 5. The van der Waals surface area contributed by atoms with Gasteiger partial charge >= 0.3 is 12.1 Å². The summed E-state index contributed by atoms with van der Waals surface area (Å²) in [6.07, 6.45) is -5.58. The van der Waals surface area contributed by atoms with E-state index in [-0.39, 0.29) is 17.5 Å². The number of carbonyl (C=O) groups is 1. The minimum Gasteiger partial charge on any atom is -0.475 e. The van der Waals surface area contributed by atoms with Gasteiger partial charge in [0.15, 0.2) is 11.6 Å². The molecule has 3 aromatic rings. The van der Waals surface area contributed by atoms with Crippen molar-refractivity contribution in [2.24, 2.45) is 5.92 Å². The topological polar surface area (TPSA) is 102 Å². The van der Waals surface area contributed by atoms with E-state index in [0.717, 1.165) is 12.1 Å². The van der Waals surface area contributed by atoms with E-state index < -0.39 is 30.0 Å². The molecule has 0 amide bonds. The minimum atomic E-state index is -5.08. The van der Waals surface area contributed by atoms with Crippen molar-refractivity contribution in [2.45, 2.75) is 45.1 Å². The number of halogens is 6. The molecule has 1 atom stereocenters.